The highest BCUT2D eigenvalue weighted by Crippen LogP contribution is 2.36. The lowest BCUT2D eigenvalue weighted by atomic mass is 10.2. The molecule has 7 heteroatoms. The minimum atomic E-state index is -0.226. The Bertz CT molecular complexity index is 894. The van der Waals surface area contributed by atoms with Gasteiger partial charge in [0.25, 0.3) is 5.56 Å². The number of carbonyl (C=O) groups excluding carboxylic acids is 1. The number of aromatic nitrogens is 2. The molecule has 0 bridgehead atoms. The molecule has 1 amide bonds. The predicted molar refractivity (Wildman–Crippen MR) is 107 cm³/mol. The fourth-order valence-corrected chi connectivity index (χ4v) is 6.23. The van der Waals surface area contributed by atoms with E-state index in [9.17, 15) is 9.59 Å². The third kappa shape index (κ3) is 3.20. The third-order valence-electron chi connectivity index (χ3n) is 5.45. The number of carbonyl (C=O) groups is 1. The zero-order valence-corrected chi connectivity index (χ0v) is 17.0. The molecule has 1 saturated heterocycles. The van der Waals surface area contributed by atoms with Crippen LogP contribution in [0.1, 0.15) is 49.5 Å². The molecular formula is C19H25N3O2S2. The normalized spacial score (nSPS) is 18.8. The lowest BCUT2D eigenvalue weighted by molar-refractivity contribution is -0.130. The number of hydrogen-bond donors (Lipinski definition) is 0. The predicted octanol–water partition coefficient (Wildman–Crippen LogP) is 3.37. The van der Waals surface area contributed by atoms with Crippen molar-refractivity contribution in [3.05, 3.63) is 20.8 Å². The smallest absolute Gasteiger partial charge is 0.262 e. The number of hydrogen-bond acceptors (Lipinski definition) is 5. The number of thiophene rings is 1. The molecule has 1 aliphatic heterocycles. The van der Waals surface area contributed by atoms with Gasteiger partial charge in [0.1, 0.15) is 4.83 Å². The summed E-state index contributed by atoms with van der Waals surface area (Å²) in [5, 5.41) is 1.23. The average Bonchev–Trinajstić information content (AvgIpc) is 3.08. The highest BCUT2D eigenvalue weighted by atomic mass is 32.2. The molecule has 140 valence electrons. The van der Waals surface area contributed by atoms with Gasteiger partial charge in [0, 0.05) is 25.0 Å². The Hall–Kier alpha value is -1.34. The first-order chi connectivity index (χ1) is 12.6. The van der Waals surface area contributed by atoms with E-state index in [1.165, 1.54) is 35.0 Å². The lowest BCUT2D eigenvalue weighted by Gasteiger charge is -2.23. The summed E-state index contributed by atoms with van der Waals surface area (Å²) in [6.07, 6.45) is 7.79. The summed E-state index contributed by atoms with van der Waals surface area (Å²) in [6, 6.07) is 0. The maximum absolute atomic E-state index is 12.9. The Morgan fingerprint density at radius 1 is 1.15 bits per heavy atom. The van der Waals surface area contributed by atoms with E-state index in [4.69, 9.17) is 4.98 Å². The molecular weight excluding hydrogens is 366 g/mol. The van der Waals surface area contributed by atoms with Crippen molar-refractivity contribution < 1.29 is 4.79 Å². The second kappa shape index (κ2) is 7.35. The quantitative estimate of drug-likeness (QED) is 0.595. The maximum atomic E-state index is 12.9. The molecule has 4 rings (SSSR count). The van der Waals surface area contributed by atoms with Crippen LogP contribution in [0, 0.1) is 0 Å². The highest BCUT2D eigenvalue weighted by Gasteiger charge is 2.26. The molecule has 2 aromatic heterocycles. The topological polar surface area (TPSA) is 55.2 Å². The first kappa shape index (κ1) is 18.0. The van der Waals surface area contributed by atoms with Crippen molar-refractivity contribution in [1.29, 1.82) is 0 Å². The number of amides is 1. The molecule has 0 N–H and O–H groups in total. The summed E-state index contributed by atoms with van der Waals surface area (Å²) in [4.78, 5) is 34.6. The maximum Gasteiger partial charge on any atom is 0.262 e. The second-order valence-corrected chi connectivity index (χ2v) is 9.69. The van der Waals surface area contributed by atoms with Crippen LogP contribution in [0.25, 0.3) is 10.2 Å². The third-order valence-corrected chi connectivity index (χ3v) is 7.77. The molecule has 0 saturated carbocycles. The summed E-state index contributed by atoms with van der Waals surface area (Å²) < 4.78 is 1.63. The number of likely N-dealkylation sites (tertiary alicyclic amines) is 1. The van der Waals surface area contributed by atoms with Gasteiger partial charge in [-0.1, -0.05) is 24.6 Å². The SMILES string of the molecule is C[C@@H](Sc1nc2sc3c(c2c(=O)n1C)CCC3)C(=O)N1CCCCCC1. The van der Waals surface area contributed by atoms with Crippen molar-refractivity contribution in [2.75, 3.05) is 13.1 Å². The van der Waals surface area contributed by atoms with Crippen LogP contribution in [-0.4, -0.2) is 38.7 Å². The molecule has 0 radical (unpaired) electrons. The van der Waals surface area contributed by atoms with E-state index < -0.39 is 0 Å². The van der Waals surface area contributed by atoms with E-state index in [-0.39, 0.29) is 16.7 Å². The zero-order chi connectivity index (χ0) is 18.3. The number of nitrogens with zero attached hydrogens (tertiary/aromatic N) is 3. The van der Waals surface area contributed by atoms with Crippen LogP contribution in [0.5, 0.6) is 0 Å². The van der Waals surface area contributed by atoms with Gasteiger partial charge in [-0.05, 0) is 44.6 Å². The summed E-state index contributed by atoms with van der Waals surface area (Å²) in [5.74, 6) is 0.167. The first-order valence-electron chi connectivity index (χ1n) is 9.53. The van der Waals surface area contributed by atoms with Crippen molar-refractivity contribution >= 4 is 39.2 Å². The van der Waals surface area contributed by atoms with Crippen molar-refractivity contribution in [2.45, 2.75) is 62.3 Å². The molecule has 1 aliphatic carbocycles. The summed E-state index contributed by atoms with van der Waals surface area (Å²) >= 11 is 3.07. The molecule has 1 atom stereocenters. The van der Waals surface area contributed by atoms with Crippen molar-refractivity contribution in [3.8, 4) is 0 Å². The molecule has 0 unspecified atom stereocenters. The molecule has 5 nitrogen and oxygen atoms in total. The first-order valence-corrected chi connectivity index (χ1v) is 11.2. The molecule has 0 aromatic carbocycles. The van der Waals surface area contributed by atoms with Crippen LogP contribution in [0.3, 0.4) is 0 Å². The van der Waals surface area contributed by atoms with Gasteiger partial charge in [0.2, 0.25) is 5.91 Å². The monoisotopic (exact) mass is 391 g/mol. The summed E-state index contributed by atoms with van der Waals surface area (Å²) in [5.41, 5.74) is 1.25. The highest BCUT2D eigenvalue weighted by molar-refractivity contribution is 8.00. The van der Waals surface area contributed by atoms with Crippen LogP contribution in [0.2, 0.25) is 0 Å². The van der Waals surface area contributed by atoms with E-state index >= 15 is 0 Å². The molecule has 3 heterocycles. The zero-order valence-electron chi connectivity index (χ0n) is 15.4. The van der Waals surface area contributed by atoms with Gasteiger partial charge >= 0.3 is 0 Å². The van der Waals surface area contributed by atoms with Gasteiger partial charge in [-0.2, -0.15) is 0 Å². The minimum Gasteiger partial charge on any atom is -0.342 e. The van der Waals surface area contributed by atoms with E-state index in [1.54, 1.807) is 23.0 Å². The van der Waals surface area contributed by atoms with E-state index in [0.717, 1.165) is 55.4 Å². The van der Waals surface area contributed by atoms with Gasteiger partial charge in [-0.15, -0.1) is 11.3 Å². The minimum absolute atomic E-state index is 0.0336. The molecule has 2 aromatic rings. The van der Waals surface area contributed by atoms with Gasteiger partial charge in [-0.3, -0.25) is 14.2 Å². The Balaban J connectivity index is 1.59. The lowest BCUT2D eigenvalue weighted by Crippen LogP contribution is -2.37. The Morgan fingerprint density at radius 3 is 2.62 bits per heavy atom. The fourth-order valence-electron chi connectivity index (χ4n) is 3.97. The Kier molecular flexibility index (Phi) is 5.10. The fraction of sp³-hybridized carbons (Fsp3) is 0.632. The Morgan fingerprint density at radius 2 is 1.88 bits per heavy atom. The van der Waals surface area contributed by atoms with Crippen LogP contribution in [0.15, 0.2) is 9.95 Å². The largest absolute Gasteiger partial charge is 0.342 e. The summed E-state index contributed by atoms with van der Waals surface area (Å²) in [6.45, 7) is 3.64. The standard InChI is InChI=1S/C19H25N3O2S2/c1-12(17(23)22-10-5-3-4-6-11-22)25-19-20-16-15(18(24)21(19)2)13-8-7-9-14(13)26-16/h12H,3-11H2,1-2H3/t12-/m1/s1. The average molecular weight is 392 g/mol. The van der Waals surface area contributed by atoms with Crippen LogP contribution >= 0.6 is 23.1 Å². The van der Waals surface area contributed by atoms with Crippen molar-refractivity contribution in [1.82, 2.24) is 14.5 Å². The molecule has 2 aliphatic rings. The van der Waals surface area contributed by atoms with E-state index in [0.29, 0.717) is 5.16 Å². The number of rotatable bonds is 3. The van der Waals surface area contributed by atoms with Gasteiger partial charge < -0.3 is 4.90 Å². The van der Waals surface area contributed by atoms with Crippen molar-refractivity contribution in [3.63, 3.8) is 0 Å². The van der Waals surface area contributed by atoms with Crippen LogP contribution in [-0.2, 0) is 24.7 Å². The summed E-state index contributed by atoms with van der Waals surface area (Å²) in [7, 11) is 1.78. The van der Waals surface area contributed by atoms with E-state index in [1.807, 2.05) is 11.8 Å². The van der Waals surface area contributed by atoms with Gasteiger partial charge in [-0.25, -0.2) is 4.98 Å². The molecule has 26 heavy (non-hydrogen) atoms. The van der Waals surface area contributed by atoms with Crippen LogP contribution < -0.4 is 5.56 Å². The van der Waals surface area contributed by atoms with Crippen molar-refractivity contribution in [2.24, 2.45) is 7.05 Å². The van der Waals surface area contributed by atoms with Gasteiger partial charge in [0.05, 0.1) is 10.6 Å². The molecule has 1 fully saturated rings. The van der Waals surface area contributed by atoms with Gasteiger partial charge in [0.15, 0.2) is 5.16 Å². The number of aryl methyl sites for hydroxylation is 2. The van der Waals surface area contributed by atoms with E-state index in [2.05, 4.69) is 0 Å². The van der Waals surface area contributed by atoms with Crippen LogP contribution in [0.4, 0.5) is 0 Å². The molecule has 0 spiro atoms. The number of thioether (sulfide) groups is 1. The number of fused-ring (bicyclic) bond motifs is 3. The second-order valence-electron chi connectivity index (χ2n) is 7.30. The Labute approximate surface area is 161 Å².